The first kappa shape index (κ1) is 14.4. The molecule has 0 atom stereocenters. The van der Waals surface area contributed by atoms with Crippen LogP contribution in [0.1, 0.15) is 37.8 Å². The molecule has 2 rings (SSSR count). The molecule has 0 amide bonds. The summed E-state index contributed by atoms with van der Waals surface area (Å²) in [7, 11) is -1.79. The van der Waals surface area contributed by atoms with Crippen molar-refractivity contribution >= 4 is 10.2 Å². The third-order valence-corrected chi connectivity index (χ3v) is 5.10. The highest BCUT2D eigenvalue weighted by atomic mass is 32.2. The van der Waals surface area contributed by atoms with Gasteiger partial charge in [0.15, 0.2) is 0 Å². The molecule has 1 saturated carbocycles. The van der Waals surface area contributed by atoms with Gasteiger partial charge in [-0.05, 0) is 25.0 Å². The van der Waals surface area contributed by atoms with Gasteiger partial charge in [-0.3, -0.25) is 0 Å². The number of hydrogen-bond donors (Lipinski definition) is 1. The van der Waals surface area contributed by atoms with Gasteiger partial charge in [0.2, 0.25) is 0 Å². The van der Waals surface area contributed by atoms with E-state index in [1.54, 1.807) is 25.4 Å². The van der Waals surface area contributed by atoms with Gasteiger partial charge in [0.1, 0.15) is 0 Å². The molecule has 6 nitrogen and oxygen atoms in total. The average molecular weight is 284 g/mol. The van der Waals surface area contributed by atoms with Crippen LogP contribution in [0.5, 0.6) is 0 Å². The summed E-state index contributed by atoms with van der Waals surface area (Å²) in [5, 5.41) is 7.58. The smallest absolute Gasteiger partial charge is 0.196 e. The molecule has 1 aromatic heterocycles. The van der Waals surface area contributed by atoms with Gasteiger partial charge in [0, 0.05) is 19.3 Å². The molecule has 0 aliphatic heterocycles. The van der Waals surface area contributed by atoms with E-state index < -0.39 is 10.2 Å². The second-order valence-corrected chi connectivity index (χ2v) is 6.66. The Morgan fingerprint density at radius 2 is 2.11 bits per heavy atom. The summed E-state index contributed by atoms with van der Waals surface area (Å²) in [5.41, 5.74) is 0.614. The molecule has 0 bridgehead atoms. The topological polar surface area (TPSA) is 75.2 Å². The molecule has 0 spiro atoms. The highest BCUT2D eigenvalue weighted by molar-refractivity contribution is 7.87. The van der Waals surface area contributed by atoms with Crippen molar-refractivity contribution in [3.63, 3.8) is 0 Å². The molecule has 1 aliphatic carbocycles. The first-order valence-corrected chi connectivity index (χ1v) is 8.03. The second-order valence-electron chi connectivity index (χ2n) is 4.85. The van der Waals surface area contributed by atoms with Crippen LogP contribution < -0.4 is 4.72 Å². The van der Waals surface area contributed by atoms with Gasteiger partial charge in [0.05, 0.1) is 12.2 Å². The highest BCUT2D eigenvalue weighted by Gasteiger charge is 2.27. The summed E-state index contributed by atoms with van der Waals surface area (Å²) in [6, 6.07) is 3.60. The fourth-order valence-corrected chi connectivity index (χ4v) is 3.47. The molecule has 1 aliphatic rings. The summed E-state index contributed by atoms with van der Waals surface area (Å²) in [4.78, 5) is 0. The minimum Gasteiger partial charge on any atom is -0.196 e. The summed E-state index contributed by atoms with van der Waals surface area (Å²) in [5.74, 6) is 0. The lowest BCUT2D eigenvalue weighted by Crippen LogP contribution is -2.44. The van der Waals surface area contributed by atoms with Crippen LogP contribution in [0.2, 0.25) is 0 Å². The minimum atomic E-state index is -3.44. The first-order chi connectivity index (χ1) is 9.09. The van der Waals surface area contributed by atoms with Crippen LogP contribution in [-0.2, 0) is 16.8 Å². The summed E-state index contributed by atoms with van der Waals surface area (Å²) in [6.45, 7) is 0.174. The van der Waals surface area contributed by atoms with Crippen LogP contribution in [0.15, 0.2) is 18.3 Å². The zero-order valence-electron chi connectivity index (χ0n) is 11.1. The third kappa shape index (κ3) is 3.95. The van der Waals surface area contributed by atoms with Crippen LogP contribution in [-0.4, -0.2) is 36.0 Å². The molecule has 0 saturated heterocycles. The van der Waals surface area contributed by atoms with Crippen molar-refractivity contribution in [3.8, 4) is 0 Å². The van der Waals surface area contributed by atoms with E-state index in [1.807, 2.05) is 0 Å². The molecule has 0 radical (unpaired) electrons. The Morgan fingerprint density at radius 3 is 2.74 bits per heavy atom. The first-order valence-electron chi connectivity index (χ1n) is 6.59. The predicted octanol–water partition coefficient (Wildman–Crippen LogP) is 1.08. The summed E-state index contributed by atoms with van der Waals surface area (Å²) >= 11 is 0. The van der Waals surface area contributed by atoms with Gasteiger partial charge >= 0.3 is 0 Å². The second kappa shape index (κ2) is 6.40. The van der Waals surface area contributed by atoms with Crippen molar-refractivity contribution < 1.29 is 8.42 Å². The zero-order valence-corrected chi connectivity index (χ0v) is 11.9. The maximum absolute atomic E-state index is 12.2. The molecule has 7 heteroatoms. The molecule has 0 aromatic carbocycles. The maximum atomic E-state index is 12.2. The van der Waals surface area contributed by atoms with Crippen LogP contribution in [0.3, 0.4) is 0 Å². The molecular weight excluding hydrogens is 264 g/mol. The van der Waals surface area contributed by atoms with E-state index in [9.17, 15) is 8.42 Å². The lowest BCUT2D eigenvalue weighted by molar-refractivity contribution is 0.283. The van der Waals surface area contributed by atoms with Gasteiger partial charge in [-0.2, -0.15) is 27.6 Å². The highest BCUT2D eigenvalue weighted by Crippen LogP contribution is 2.22. The van der Waals surface area contributed by atoms with E-state index in [0.717, 1.165) is 25.7 Å². The number of nitrogens with zero attached hydrogens (tertiary/aromatic N) is 3. The van der Waals surface area contributed by atoms with Gasteiger partial charge in [-0.25, -0.2) is 0 Å². The summed E-state index contributed by atoms with van der Waals surface area (Å²) < 4.78 is 28.4. The van der Waals surface area contributed by atoms with E-state index >= 15 is 0 Å². The lowest BCUT2D eigenvalue weighted by Gasteiger charge is -2.30. The van der Waals surface area contributed by atoms with Gasteiger partial charge in [0.25, 0.3) is 10.2 Å². The third-order valence-electron chi connectivity index (χ3n) is 3.53. The van der Waals surface area contributed by atoms with E-state index in [0.29, 0.717) is 5.69 Å². The quantitative estimate of drug-likeness (QED) is 0.877. The van der Waals surface area contributed by atoms with Gasteiger partial charge in [-0.1, -0.05) is 19.3 Å². The standard InChI is InChI=1S/C12H20N4O2S/c1-16(12-7-3-2-4-8-12)19(17,18)14-10-11-6-5-9-13-15-11/h5-6,9,12,14H,2-4,7-8,10H2,1H3. The van der Waals surface area contributed by atoms with Crippen molar-refractivity contribution in [2.75, 3.05) is 7.05 Å². The molecule has 1 aromatic rings. The number of nitrogens with one attached hydrogen (secondary N) is 1. The molecule has 19 heavy (non-hydrogen) atoms. The van der Waals surface area contributed by atoms with E-state index in [4.69, 9.17) is 0 Å². The Hall–Kier alpha value is -1.05. The number of rotatable bonds is 5. The van der Waals surface area contributed by atoms with Gasteiger partial charge in [-0.15, -0.1) is 0 Å². The molecular formula is C12H20N4O2S. The van der Waals surface area contributed by atoms with Crippen LogP contribution >= 0.6 is 0 Å². The SMILES string of the molecule is CN(C1CCCCC1)S(=O)(=O)NCc1cccnn1. The van der Waals surface area contributed by atoms with Gasteiger partial charge < -0.3 is 0 Å². The predicted molar refractivity (Wildman–Crippen MR) is 72.4 cm³/mol. The molecule has 1 N–H and O–H groups in total. The monoisotopic (exact) mass is 284 g/mol. The van der Waals surface area contributed by atoms with E-state index in [2.05, 4.69) is 14.9 Å². The summed E-state index contributed by atoms with van der Waals surface area (Å²) in [6.07, 6.45) is 6.87. The maximum Gasteiger partial charge on any atom is 0.279 e. The Labute approximate surface area is 114 Å². The molecule has 106 valence electrons. The number of aromatic nitrogens is 2. The lowest BCUT2D eigenvalue weighted by atomic mass is 9.96. The van der Waals surface area contributed by atoms with Crippen molar-refractivity contribution in [2.45, 2.75) is 44.7 Å². The van der Waals surface area contributed by atoms with Crippen molar-refractivity contribution in [1.82, 2.24) is 19.2 Å². The van der Waals surface area contributed by atoms with E-state index in [1.165, 1.54) is 10.7 Å². The van der Waals surface area contributed by atoms with Crippen LogP contribution in [0, 0.1) is 0 Å². The molecule has 1 heterocycles. The minimum absolute atomic E-state index is 0.119. The Balaban J connectivity index is 1.93. The largest absolute Gasteiger partial charge is 0.279 e. The molecule has 1 fully saturated rings. The average Bonchev–Trinajstić information content (AvgIpc) is 2.46. The van der Waals surface area contributed by atoms with Crippen LogP contribution in [0.25, 0.3) is 0 Å². The number of hydrogen-bond acceptors (Lipinski definition) is 4. The Bertz CT molecular complexity index is 486. The normalized spacial score (nSPS) is 17.8. The Morgan fingerprint density at radius 1 is 1.37 bits per heavy atom. The van der Waals surface area contributed by atoms with Crippen molar-refractivity contribution in [3.05, 3.63) is 24.0 Å². The van der Waals surface area contributed by atoms with E-state index in [-0.39, 0.29) is 12.6 Å². The zero-order chi connectivity index (χ0) is 13.7. The molecule has 0 unspecified atom stereocenters. The Kier molecular flexibility index (Phi) is 4.84. The van der Waals surface area contributed by atoms with Crippen LogP contribution in [0.4, 0.5) is 0 Å². The van der Waals surface area contributed by atoms with Crippen molar-refractivity contribution in [2.24, 2.45) is 0 Å². The fourth-order valence-electron chi connectivity index (χ4n) is 2.34. The van der Waals surface area contributed by atoms with Crippen molar-refractivity contribution in [1.29, 1.82) is 0 Å². The fraction of sp³-hybridized carbons (Fsp3) is 0.667.